The molecule has 0 spiro atoms. The lowest BCUT2D eigenvalue weighted by Gasteiger charge is -2.31. The minimum Gasteiger partial charge on any atom is -0.493 e. The predicted molar refractivity (Wildman–Crippen MR) is 107 cm³/mol. The Morgan fingerprint density at radius 3 is 2.70 bits per heavy atom. The molecule has 27 heavy (non-hydrogen) atoms. The van der Waals surface area contributed by atoms with Gasteiger partial charge in [-0.2, -0.15) is 0 Å². The summed E-state index contributed by atoms with van der Waals surface area (Å²) < 4.78 is 10.9. The van der Waals surface area contributed by atoms with Crippen molar-refractivity contribution in [3.63, 3.8) is 0 Å². The molecule has 150 valence electrons. The number of ether oxygens (including phenoxy) is 2. The molecule has 1 aliphatic heterocycles. The third kappa shape index (κ3) is 7.00. The summed E-state index contributed by atoms with van der Waals surface area (Å²) in [4.78, 5) is 17.9. The summed E-state index contributed by atoms with van der Waals surface area (Å²) in [7, 11) is 0. The standard InChI is InChI=1S/C20H32N4O3/c1-4-26-20(25)24-11-9-17(10-12-24)23-19(21)22-13-16-7-5-6-8-18(16)27-14-15(2)3/h5-8,15,17H,4,9-14H2,1-3H3,(H3,21,22,23). The highest BCUT2D eigenvalue weighted by Gasteiger charge is 2.23. The normalized spacial score (nSPS) is 15.7. The van der Waals surface area contributed by atoms with E-state index in [1.54, 1.807) is 4.90 Å². The fourth-order valence-corrected chi connectivity index (χ4v) is 2.88. The second kappa shape index (κ2) is 10.6. The average Bonchev–Trinajstić information content (AvgIpc) is 2.66. The van der Waals surface area contributed by atoms with E-state index in [1.807, 2.05) is 31.2 Å². The van der Waals surface area contributed by atoms with Crippen molar-refractivity contribution in [3.8, 4) is 5.75 Å². The number of nitrogens with two attached hydrogens (primary N) is 1. The average molecular weight is 377 g/mol. The highest BCUT2D eigenvalue weighted by molar-refractivity contribution is 5.78. The first-order chi connectivity index (χ1) is 13.0. The van der Waals surface area contributed by atoms with Crippen LogP contribution >= 0.6 is 0 Å². The zero-order valence-electron chi connectivity index (χ0n) is 16.6. The fraction of sp³-hybridized carbons (Fsp3) is 0.600. The van der Waals surface area contributed by atoms with E-state index in [2.05, 4.69) is 24.2 Å². The van der Waals surface area contributed by atoms with E-state index in [-0.39, 0.29) is 12.1 Å². The van der Waals surface area contributed by atoms with Crippen LogP contribution in [0, 0.1) is 5.92 Å². The summed E-state index contributed by atoms with van der Waals surface area (Å²) in [5.74, 6) is 1.74. The number of nitrogens with zero attached hydrogens (tertiary/aromatic N) is 2. The molecule has 0 aliphatic carbocycles. The third-order valence-electron chi connectivity index (χ3n) is 4.34. The maximum absolute atomic E-state index is 11.7. The van der Waals surface area contributed by atoms with Crippen LogP contribution in [0.1, 0.15) is 39.2 Å². The number of amides is 1. The van der Waals surface area contributed by atoms with Crippen LogP contribution < -0.4 is 15.8 Å². The van der Waals surface area contributed by atoms with Crippen molar-refractivity contribution in [3.05, 3.63) is 29.8 Å². The molecule has 1 aromatic carbocycles. The maximum atomic E-state index is 11.7. The number of likely N-dealkylation sites (tertiary alicyclic amines) is 1. The molecule has 1 amide bonds. The second-order valence-corrected chi connectivity index (χ2v) is 7.12. The molecule has 1 aliphatic rings. The maximum Gasteiger partial charge on any atom is 0.409 e. The molecule has 1 aromatic rings. The Bertz CT molecular complexity index is 625. The van der Waals surface area contributed by atoms with Crippen molar-refractivity contribution < 1.29 is 14.3 Å². The number of hydrogen-bond donors (Lipinski definition) is 2. The SMILES string of the molecule is CCOC(=O)N1CCC(NC(N)=NCc2ccccc2OCC(C)C)CC1. The molecule has 1 fully saturated rings. The van der Waals surface area contributed by atoms with Crippen LogP contribution in [0.5, 0.6) is 5.75 Å². The van der Waals surface area contributed by atoms with E-state index < -0.39 is 0 Å². The molecule has 1 heterocycles. The Kier molecular flexibility index (Phi) is 8.23. The van der Waals surface area contributed by atoms with Gasteiger partial charge in [0.2, 0.25) is 0 Å². The minimum absolute atomic E-state index is 0.215. The molecular weight excluding hydrogens is 344 g/mol. The van der Waals surface area contributed by atoms with E-state index >= 15 is 0 Å². The van der Waals surface area contributed by atoms with Crippen molar-refractivity contribution in [2.75, 3.05) is 26.3 Å². The lowest BCUT2D eigenvalue weighted by molar-refractivity contribution is 0.0963. The number of benzene rings is 1. The van der Waals surface area contributed by atoms with Gasteiger partial charge in [-0.15, -0.1) is 0 Å². The first-order valence-electron chi connectivity index (χ1n) is 9.68. The van der Waals surface area contributed by atoms with Gasteiger partial charge in [-0.1, -0.05) is 32.0 Å². The fourth-order valence-electron chi connectivity index (χ4n) is 2.88. The first kappa shape index (κ1) is 20.9. The molecule has 0 atom stereocenters. The number of guanidine groups is 1. The molecule has 7 heteroatoms. The van der Waals surface area contributed by atoms with Gasteiger partial charge >= 0.3 is 6.09 Å². The summed E-state index contributed by atoms with van der Waals surface area (Å²) in [6, 6.07) is 8.11. The van der Waals surface area contributed by atoms with Gasteiger partial charge in [-0.25, -0.2) is 9.79 Å². The Balaban J connectivity index is 1.82. The van der Waals surface area contributed by atoms with E-state index in [9.17, 15) is 4.79 Å². The van der Waals surface area contributed by atoms with Crippen molar-refractivity contribution in [1.29, 1.82) is 0 Å². The Morgan fingerprint density at radius 2 is 2.04 bits per heavy atom. The lowest BCUT2D eigenvalue weighted by Crippen LogP contribution is -2.48. The first-order valence-corrected chi connectivity index (χ1v) is 9.68. The van der Waals surface area contributed by atoms with E-state index in [4.69, 9.17) is 15.2 Å². The number of nitrogens with one attached hydrogen (secondary N) is 1. The van der Waals surface area contributed by atoms with Crippen LogP contribution in [0.4, 0.5) is 4.79 Å². The van der Waals surface area contributed by atoms with Gasteiger partial charge in [-0.05, 0) is 31.7 Å². The molecular formula is C20H32N4O3. The third-order valence-corrected chi connectivity index (χ3v) is 4.34. The van der Waals surface area contributed by atoms with Crippen LogP contribution in [-0.2, 0) is 11.3 Å². The van der Waals surface area contributed by atoms with Crippen LogP contribution in [0.3, 0.4) is 0 Å². The predicted octanol–water partition coefficient (Wildman–Crippen LogP) is 2.75. The number of piperidine rings is 1. The lowest BCUT2D eigenvalue weighted by atomic mass is 10.1. The molecule has 0 aromatic heterocycles. The van der Waals surface area contributed by atoms with Crippen LogP contribution in [0.15, 0.2) is 29.3 Å². The van der Waals surface area contributed by atoms with E-state index in [0.717, 1.165) is 24.2 Å². The Morgan fingerprint density at radius 1 is 1.33 bits per heavy atom. The van der Waals surface area contributed by atoms with Gasteiger partial charge in [0, 0.05) is 24.7 Å². The van der Waals surface area contributed by atoms with Gasteiger partial charge in [0.15, 0.2) is 5.96 Å². The molecule has 7 nitrogen and oxygen atoms in total. The van der Waals surface area contributed by atoms with Crippen LogP contribution in [-0.4, -0.2) is 49.3 Å². The number of hydrogen-bond acceptors (Lipinski definition) is 4. The molecule has 2 rings (SSSR count). The monoisotopic (exact) mass is 376 g/mol. The molecule has 0 saturated carbocycles. The quantitative estimate of drug-likeness (QED) is 0.564. The smallest absolute Gasteiger partial charge is 0.409 e. The van der Waals surface area contributed by atoms with Crippen molar-refractivity contribution in [2.24, 2.45) is 16.6 Å². The minimum atomic E-state index is -0.240. The van der Waals surface area contributed by atoms with E-state index in [1.165, 1.54) is 0 Å². The van der Waals surface area contributed by atoms with Gasteiger partial charge in [0.25, 0.3) is 0 Å². The van der Waals surface area contributed by atoms with E-state index in [0.29, 0.717) is 44.7 Å². The van der Waals surface area contributed by atoms with Gasteiger partial charge in [0.05, 0.1) is 19.8 Å². The number of carbonyl (C=O) groups is 1. The Labute approximate surface area is 161 Å². The second-order valence-electron chi connectivity index (χ2n) is 7.12. The largest absolute Gasteiger partial charge is 0.493 e. The zero-order valence-corrected chi connectivity index (χ0v) is 16.6. The van der Waals surface area contributed by atoms with Crippen LogP contribution in [0.25, 0.3) is 0 Å². The van der Waals surface area contributed by atoms with Gasteiger partial charge < -0.3 is 25.4 Å². The molecule has 0 bridgehead atoms. The number of carbonyl (C=O) groups excluding carboxylic acids is 1. The topological polar surface area (TPSA) is 89.2 Å². The summed E-state index contributed by atoms with van der Waals surface area (Å²) >= 11 is 0. The number of para-hydroxylation sites is 1. The van der Waals surface area contributed by atoms with Crippen LogP contribution in [0.2, 0.25) is 0 Å². The highest BCUT2D eigenvalue weighted by atomic mass is 16.6. The van der Waals surface area contributed by atoms with Gasteiger partial charge in [0.1, 0.15) is 5.75 Å². The molecule has 0 radical (unpaired) electrons. The summed E-state index contributed by atoms with van der Waals surface area (Å²) in [5, 5.41) is 3.26. The highest BCUT2D eigenvalue weighted by Crippen LogP contribution is 2.19. The molecule has 3 N–H and O–H groups in total. The van der Waals surface area contributed by atoms with Crippen molar-refractivity contribution in [1.82, 2.24) is 10.2 Å². The van der Waals surface area contributed by atoms with Crippen molar-refractivity contribution in [2.45, 2.75) is 46.2 Å². The molecule has 0 unspecified atom stereocenters. The zero-order chi connectivity index (χ0) is 19.6. The summed E-state index contributed by atoms with van der Waals surface area (Å²) in [5.41, 5.74) is 7.07. The van der Waals surface area contributed by atoms with Crippen molar-refractivity contribution >= 4 is 12.1 Å². The number of rotatable bonds is 7. The number of aliphatic imine (C=N–C) groups is 1. The molecule has 1 saturated heterocycles. The van der Waals surface area contributed by atoms with Gasteiger partial charge in [-0.3, -0.25) is 0 Å². The Hall–Kier alpha value is -2.44. The summed E-state index contributed by atoms with van der Waals surface area (Å²) in [6.45, 7) is 8.92. The summed E-state index contributed by atoms with van der Waals surface area (Å²) in [6.07, 6.45) is 1.40.